The highest BCUT2D eigenvalue weighted by molar-refractivity contribution is 7.90. The molecule has 0 unspecified atom stereocenters. The topological polar surface area (TPSA) is 89.3 Å². The van der Waals surface area contributed by atoms with E-state index < -0.39 is 9.84 Å². The summed E-state index contributed by atoms with van der Waals surface area (Å²) in [5, 5.41) is 6.74. The van der Waals surface area contributed by atoms with Gasteiger partial charge in [0.25, 0.3) is 5.91 Å². The maximum Gasteiger partial charge on any atom is 0.251 e. The van der Waals surface area contributed by atoms with Crippen LogP contribution in [0.4, 0.5) is 0 Å². The molecule has 1 aromatic heterocycles. The summed E-state index contributed by atoms with van der Waals surface area (Å²) >= 11 is 0. The van der Waals surface area contributed by atoms with Crippen LogP contribution in [0.1, 0.15) is 27.4 Å². The Kier molecular flexibility index (Phi) is 5.18. The lowest BCUT2D eigenvalue weighted by atomic mass is 10.1. The van der Waals surface area contributed by atoms with Crippen molar-refractivity contribution in [2.45, 2.75) is 17.9 Å². The predicted octanol–water partition coefficient (Wildman–Crippen LogP) is 2.60. The number of benzene rings is 2. The molecule has 3 rings (SSSR count). The number of rotatable bonds is 6. The summed E-state index contributed by atoms with van der Waals surface area (Å²) in [5.41, 5.74) is 2.29. The summed E-state index contributed by atoms with van der Waals surface area (Å²) in [5.74, 6) is 0.239. The maximum atomic E-state index is 12.2. The molecule has 6 nitrogen and oxygen atoms in total. The van der Waals surface area contributed by atoms with E-state index in [2.05, 4.69) is 10.5 Å². The van der Waals surface area contributed by atoms with Crippen LogP contribution in [-0.4, -0.2) is 25.7 Å². The molecular formula is C19H18N2O4S. The van der Waals surface area contributed by atoms with E-state index in [-0.39, 0.29) is 17.3 Å². The van der Waals surface area contributed by atoms with Crippen molar-refractivity contribution >= 4 is 15.7 Å². The van der Waals surface area contributed by atoms with Gasteiger partial charge >= 0.3 is 0 Å². The van der Waals surface area contributed by atoms with Crippen molar-refractivity contribution in [3.05, 3.63) is 83.2 Å². The van der Waals surface area contributed by atoms with Gasteiger partial charge in [0.2, 0.25) is 0 Å². The highest BCUT2D eigenvalue weighted by atomic mass is 32.2. The summed E-state index contributed by atoms with van der Waals surface area (Å²) in [6, 6.07) is 17.5. The fourth-order valence-corrected chi connectivity index (χ4v) is 3.08. The van der Waals surface area contributed by atoms with Gasteiger partial charge in [0.05, 0.1) is 17.1 Å². The molecule has 0 atom stereocenters. The Hall–Kier alpha value is -2.93. The number of amides is 1. The van der Waals surface area contributed by atoms with E-state index in [1.807, 2.05) is 30.3 Å². The molecule has 0 aliphatic carbocycles. The Bertz CT molecular complexity index is 994. The fourth-order valence-electron chi connectivity index (χ4n) is 2.45. The Morgan fingerprint density at radius 2 is 1.77 bits per heavy atom. The molecule has 3 aromatic rings. The number of hydrogen-bond donors (Lipinski definition) is 1. The lowest BCUT2D eigenvalue weighted by Crippen LogP contribution is -2.22. The SMILES string of the molecule is CS(=O)(=O)c1ccc(C(=O)NCc2cc(Cc3ccccc3)no2)cc1. The van der Waals surface area contributed by atoms with E-state index in [1.165, 1.54) is 24.3 Å². The number of hydrogen-bond acceptors (Lipinski definition) is 5. The van der Waals surface area contributed by atoms with Gasteiger partial charge in [-0.15, -0.1) is 0 Å². The largest absolute Gasteiger partial charge is 0.359 e. The first-order chi connectivity index (χ1) is 12.4. The monoisotopic (exact) mass is 370 g/mol. The molecule has 0 radical (unpaired) electrons. The average molecular weight is 370 g/mol. The van der Waals surface area contributed by atoms with Crippen LogP contribution in [0.3, 0.4) is 0 Å². The Morgan fingerprint density at radius 1 is 1.08 bits per heavy atom. The molecule has 0 aliphatic rings. The van der Waals surface area contributed by atoms with E-state index in [0.717, 1.165) is 17.5 Å². The van der Waals surface area contributed by atoms with Crippen molar-refractivity contribution < 1.29 is 17.7 Å². The molecule has 0 spiro atoms. The Morgan fingerprint density at radius 3 is 2.42 bits per heavy atom. The lowest BCUT2D eigenvalue weighted by Gasteiger charge is -2.04. The summed E-state index contributed by atoms with van der Waals surface area (Å²) in [6.07, 6.45) is 1.78. The van der Waals surface area contributed by atoms with Crippen LogP contribution in [0.2, 0.25) is 0 Å². The van der Waals surface area contributed by atoms with Crippen LogP contribution >= 0.6 is 0 Å². The summed E-state index contributed by atoms with van der Waals surface area (Å²) in [6.45, 7) is 0.203. The molecule has 7 heteroatoms. The van der Waals surface area contributed by atoms with E-state index in [1.54, 1.807) is 6.07 Å². The minimum absolute atomic E-state index is 0.176. The van der Waals surface area contributed by atoms with Crippen LogP contribution in [0.5, 0.6) is 0 Å². The number of aromatic nitrogens is 1. The lowest BCUT2D eigenvalue weighted by molar-refractivity contribution is 0.0947. The molecule has 1 N–H and O–H groups in total. The van der Waals surface area contributed by atoms with Crippen molar-refractivity contribution in [2.24, 2.45) is 0 Å². The standard InChI is InChI=1S/C19H18N2O4S/c1-26(23,24)18-9-7-15(8-10-18)19(22)20-13-17-12-16(21-25-17)11-14-5-3-2-4-6-14/h2-10,12H,11,13H2,1H3,(H,20,22). The highest BCUT2D eigenvalue weighted by Gasteiger charge is 2.11. The van der Waals surface area contributed by atoms with Crippen LogP contribution < -0.4 is 5.32 Å². The van der Waals surface area contributed by atoms with Crippen LogP contribution in [0.15, 0.2) is 70.1 Å². The molecule has 0 aliphatic heterocycles. The second-order valence-corrected chi connectivity index (χ2v) is 7.94. The van der Waals surface area contributed by atoms with Gasteiger partial charge in [-0.1, -0.05) is 35.5 Å². The van der Waals surface area contributed by atoms with Gasteiger partial charge in [-0.2, -0.15) is 0 Å². The first-order valence-corrected chi connectivity index (χ1v) is 9.88. The third-order valence-corrected chi connectivity index (χ3v) is 4.93. The van der Waals surface area contributed by atoms with Gasteiger partial charge in [-0.05, 0) is 29.8 Å². The average Bonchev–Trinajstić information content (AvgIpc) is 3.07. The zero-order valence-corrected chi connectivity index (χ0v) is 15.0. The zero-order chi connectivity index (χ0) is 18.6. The number of sulfone groups is 1. The number of nitrogens with zero attached hydrogens (tertiary/aromatic N) is 1. The first-order valence-electron chi connectivity index (χ1n) is 7.98. The van der Waals surface area contributed by atoms with E-state index in [0.29, 0.717) is 17.7 Å². The molecule has 2 aromatic carbocycles. The van der Waals surface area contributed by atoms with Gasteiger partial charge in [0.1, 0.15) is 0 Å². The van der Waals surface area contributed by atoms with Crippen molar-refractivity contribution in [1.29, 1.82) is 0 Å². The number of carbonyl (C=O) groups excluding carboxylic acids is 1. The van der Waals surface area contributed by atoms with Gasteiger partial charge in [-0.25, -0.2) is 8.42 Å². The molecular weight excluding hydrogens is 352 g/mol. The number of nitrogens with one attached hydrogen (secondary N) is 1. The van der Waals surface area contributed by atoms with Gasteiger partial charge in [0, 0.05) is 24.3 Å². The third-order valence-electron chi connectivity index (χ3n) is 3.80. The third kappa shape index (κ3) is 4.58. The summed E-state index contributed by atoms with van der Waals surface area (Å²) in [4.78, 5) is 12.3. The van der Waals surface area contributed by atoms with Gasteiger partial charge in [0.15, 0.2) is 15.6 Å². The van der Waals surface area contributed by atoms with E-state index >= 15 is 0 Å². The predicted molar refractivity (Wildman–Crippen MR) is 96.5 cm³/mol. The fraction of sp³-hybridized carbons (Fsp3) is 0.158. The van der Waals surface area contributed by atoms with Crippen LogP contribution in [0, 0.1) is 0 Å². The molecule has 1 amide bonds. The zero-order valence-electron chi connectivity index (χ0n) is 14.2. The second kappa shape index (κ2) is 7.53. The summed E-state index contributed by atoms with van der Waals surface area (Å²) < 4.78 is 28.1. The second-order valence-electron chi connectivity index (χ2n) is 5.93. The van der Waals surface area contributed by atoms with E-state index in [9.17, 15) is 13.2 Å². The molecule has 0 saturated heterocycles. The van der Waals surface area contributed by atoms with Crippen molar-refractivity contribution in [1.82, 2.24) is 10.5 Å². The molecule has 0 fully saturated rings. The van der Waals surface area contributed by atoms with Gasteiger partial charge < -0.3 is 9.84 Å². The summed E-state index contributed by atoms with van der Waals surface area (Å²) in [7, 11) is -3.28. The molecule has 0 saturated carbocycles. The first kappa shape index (κ1) is 17.9. The maximum absolute atomic E-state index is 12.2. The normalized spacial score (nSPS) is 11.3. The molecule has 0 bridgehead atoms. The Labute approximate surface area is 151 Å². The van der Waals surface area contributed by atoms with Crippen molar-refractivity contribution in [3.8, 4) is 0 Å². The quantitative estimate of drug-likeness (QED) is 0.720. The smallest absolute Gasteiger partial charge is 0.251 e. The van der Waals surface area contributed by atoms with Crippen molar-refractivity contribution in [2.75, 3.05) is 6.26 Å². The van der Waals surface area contributed by atoms with Gasteiger partial charge in [-0.3, -0.25) is 4.79 Å². The van der Waals surface area contributed by atoms with Crippen LogP contribution in [-0.2, 0) is 22.8 Å². The van der Waals surface area contributed by atoms with Crippen LogP contribution in [0.25, 0.3) is 0 Å². The molecule has 134 valence electrons. The van der Waals surface area contributed by atoms with Crippen molar-refractivity contribution in [3.63, 3.8) is 0 Å². The minimum atomic E-state index is -3.28. The number of carbonyl (C=O) groups is 1. The molecule has 1 heterocycles. The Balaban J connectivity index is 1.58. The van der Waals surface area contributed by atoms with E-state index in [4.69, 9.17) is 4.52 Å². The highest BCUT2D eigenvalue weighted by Crippen LogP contribution is 2.12. The molecule has 26 heavy (non-hydrogen) atoms. The minimum Gasteiger partial charge on any atom is -0.359 e.